The highest BCUT2D eigenvalue weighted by Crippen LogP contribution is 2.22. The zero-order valence-corrected chi connectivity index (χ0v) is 9.57. The van der Waals surface area contributed by atoms with E-state index < -0.39 is 18.2 Å². The van der Waals surface area contributed by atoms with Crippen molar-refractivity contribution in [3.63, 3.8) is 0 Å². The third-order valence-electron chi connectivity index (χ3n) is 2.50. The van der Waals surface area contributed by atoms with Gasteiger partial charge in [0.2, 0.25) is 0 Å². The molecule has 2 heterocycles. The molecule has 0 aliphatic rings. The Balaban J connectivity index is 2.25. The monoisotopic (exact) mass is 252 g/mol. The largest absolute Gasteiger partial charge is 0.469 e. The van der Waals surface area contributed by atoms with Gasteiger partial charge in [0.25, 0.3) is 0 Å². The molecule has 2 aromatic rings. The van der Waals surface area contributed by atoms with Crippen LogP contribution in [0, 0.1) is 0 Å². The number of esters is 1. The molecule has 2 rings (SSSR count). The van der Waals surface area contributed by atoms with Crippen LogP contribution in [0.25, 0.3) is 11.2 Å². The lowest BCUT2D eigenvalue weighted by Crippen LogP contribution is -2.23. The lowest BCUT2D eigenvalue weighted by molar-refractivity contribution is -0.144. The molecule has 0 amide bonds. The number of aliphatic hydroxyl groups is 2. The number of ether oxygens (including phenoxy) is 1. The Labute approximate surface area is 102 Å². The number of nitrogens with zero attached hydrogens (tertiary/aromatic N) is 3. The molecular weight excluding hydrogens is 240 g/mol. The van der Waals surface area contributed by atoms with Gasteiger partial charge in [-0.25, -0.2) is 15.0 Å². The zero-order valence-electron chi connectivity index (χ0n) is 9.57. The van der Waals surface area contributed by atoms with Crippen molar-refractivity contribution in [3.8, 4) is 0 Å². The minimum absolute atomic E-state index is 0.189. The first-order valence-electron chi connectivity index (χ1n) is 5.20. The number of methoxy groups -OCH3 is 1. The highest BCUT2D eigenvalue weighted by molar-refractivity contribution is 5.73. The summed E-state index contributed by atoms with van der Waals surface area (Å²) in [5.74, 6) is -0.614. The number of carbonyl (C=O) groups excluding carboxylic acids is 1. The number of H-pyrrole nitrogens is 1. The summed E-state index contributed by atoms with van der Waals surface area (Å²) in [4.78, 5) is 25.5. The van der Waals surface area contributed by atoms with Gasteiger partial charge in [0, 0.05) is 0 Å². The molecule has 0 aliphatic heterocycles. The summed E-state index contributed by atoms with van der Waals surface area (Å²) in [7, 11) is 1.21. The fourth-order valence-electron chi connectivity index (χ4n) is 1.56. The Morgan fingerprint density at radius 1 is 1.44 bits per heavy atom. The first-order chi connectivity index (χ1) is 8.63. The quantitative estimate of drug-likeness (QED) is 0.616. The number of nitrogens with one attached hydrogen (secondary N) is 1. The fourth-order valence-corrected chi connectivity index (χ4v) is 1.56. The van der Waals surface area contributed by atoms with E-state index in [1.807, 2.05) is 0 Å². The number of imidazole rings is 1. The molecule has 96 valence electrons. The van der Waals surface area contributed by atoms with Crippen LogP contribution in [0.2, 0.25) is 0 Å². The SMILES string of the molecule is COC(=O)CC(O)C(O)c1ncnc2nc[nH]c12. The van der Waals surface area contributed by atoms with Crippen molar-refractivity contribution in [1.29, 1.82) is 0 Å². The van der Waals surface area contributed by atoms with Crippen molar-refractivity contribution < 1.29 is 19.7 Å². The van der Waals surface area contributed by atoms with Crippen LogP contribution in [-0.2, 0) is 9.53 Å². The minimum atomic E-state index is -1.32. The molecule has 2 aromatic heterocycles. The van der Waals surface area contributed by atoms with E-state index in [0.29, 0.717) is 11.2 Å². The summed E-state index contributed by atoms with van der Waals surface area (Å²) < 4.78 is 4.42. The molecule has 0 fully saturated rings. The maximum atomic E-state index is 11.0. The maximum Gasteiger partial charge on any atom is 0.308 e. The van der Waals surface area contributed by atoms with Crippen LogP contribution in [-0.4, -0.2) is 49.3 Å². The molecule has 0 saturated carbocycles. The summed E-state index contributed by atoms with van der Waals surface area (Å²) in [6.45, 7) is 0. The number of hydrogen-bond acceptors (Lipinski definition) is 7. The predicted octanol–water partition coefficient (Wildman–Crippen LogP) is -0.690. The van der Waals surface area contributed by atoms with Crippen LogP contribution in [0.5, 0.6) is 0 Å². The van der Waals surface area contributed by atoms with E-state index in [0.717, 1.165) is 0 Å². The second kappa shape index (κ2) is 5.07. The molecule has 8 nitrogen and oxygen atoms in total. The molecule has 0 aliphatic carbocycles. The van der Waals surface area contributed by atoms with Crippen molar-refractivity contribution >= 4 is 17.1 Å². The van der Waals surface area contributed by atoms with Crippen molar-refractivity contribution in [1.82, 2.24) is 19.9 Å². The first kappa shape index (κ1) is 12.4. The highest BCUT2D eigenvalue weighted by atomic mass is 16.5. The molecular formula is C10H12N4O4. The van der Waals surface area contributed by atoms with Crippen LogP contribution < -0.4 is 0 Å². The molecule has 3 N–H and O–H groups in total. The number of aromatic nitrogens is 4. The maximum absolute atomic E-state index is 11.0. The first-order valence-corrected chi connectivity index (χ1v) is 5.20. The van der Waals surface area contributed by atoms with Gasteiger partial charge in [-0.3, -0.25) is 4.79 Å². The summed E-state index contributed by atoms with van der Waals surface area (Å²) >= 11 is 0. The standard InChI is InChI=1S/C10H12N4O4/c1-18-6(16)2-5(15)9(17)7-8-10(13-3-11-7)14-4-12-8/h3-5,9,15,17H,2H2,1H3,(H,11,12,13,14). The third-order valence-corrected chi connectivity index (χ3v) is 2.50. The lowest BCUT2D eigenvalue weighted by atomic mass is 10.1. The normalized spacial score (nSPS) is 14.4. The van der Waals surface area contributed by atoms with E-state index in [4.69, 9.17) is 0 Å². The molecule has 0 radical (unpaired) electrons. The van der Waals surface area contributed by atoms with E-state index in [1.54, 1.807) is 0 Å². The summed E-state index contributed by atoms with van der Waals surface area (Å²) in [6, 6.07) is 0. The Hall–Kier alpha value is -2.06. The van der Waals surface area contributed by atoms with E-state index in [-0.39, 0.29) is 12.1 Å². The van der Waals surface area contributed by atoms with Gasteiger partial charge in [-0.2, -0.15) is 0 Å². The molecule has 2 atom stereocenters. The Morgan fingerprint density at radius 3 is 2.94 bits per heavy atom. The van der Waals surface area contributed by atoms with Gasteiger partial charge >= 0.3 is 5.97 Å². The summed E-state index contributed by atoms with van der Waals surface area (Å²) in [5, 5.41) is 19.7. The minimum Gasteiger partial charge on any atom is -0.469 e. The number of hydrogen-bond donors (Lipinski definition) is 3. The fraction of sp³-hybridized carbons (Fsp3) is 0.400. The van der Waals surface area contributed by atoms with E-state index in [2.05, 4.69) is 24.7 Å². The van der Waals surface area contributed by atoms with Crippen molar-refractivity contribution in [2.75, 3.05) is 7.11 Å². The second-order valence-electron chi connectivity index (χ2n) is 3.65. The van der Waals surface area contributed by atoms with Crippen molar-refractivity contribution in [2.45, 2.75) is 18.6 Å². The molecule has 0 spiro atoms. The van der Waals surface area contributed by atoms with Crippen LogP contribution in [0.15, 0.2) is 12.7 Å². The van der Waals surface area contributed by atoms with Crippen LogP contribution >= 0.6 is 0 Å². The number of aromatic amines is 1. The van der Waals surface area contributed by atoms with E-state index in [1.165, 1.54) is 19.8 Å². The van der Waals surface area contributed by atoms with Gasteiger partial charge in [-0.05, 0) is 0 Å². The van der Waals surface area contributed by atoms with Crippen LogP contribution in [0.3, 0.4) is 0 Å². The van der Waals surface area contributed by atoms with Crippen molar-refractivity contribution in [2.24, 2.45) is 0 Å². The molecule has 0 bridgehead atoms. The average molecular weight is 252 g/mol. The Morgan fingerprint density at radius 2 is 2.22 bits per heavy atom. The average Bonchev–Trinajstić information content (AvgIpc) is 2.85. The molecule has 0 saturated heterocycles. The lowest BCUT2D eigenvalue weighted by Gasteiger charge is -2.16. The summed E-state index contributed by atoms with van der Waals surface area (Å²) in [5.41, 5.74) is 0.993. The molecule has 18 heavy (non-hydrogen) atoms. The van der Waals surface area contributed by atoms with Crippen LogP contribution in [0.1, 0.15) is 18.2 Å². The van der Waals surface area contributed by atoms with E-state index in [9.17, 15) is 15.0 Å². The number of fused-ring (bicyclic) bond motifs is 1. The molecule has 8 heteroatoms. The van der Waals surface area contributed by atoms with Crippen LogP contribution in [0.4, 0.5) is 0 Å². The molecule has 0 aromatic carbocycles. The number of carbonyl (C=O) groups is 1. The second-order valence-corrected chi connectivity index (χ2v) is 3.65. The smallest absolute Gasteiger partial charge is 0.308 e. The Bertz CT molecular complexity index is 556. The van der Waals surface area contributed by atoms with Gasteiger partial charge < -0.3 is 19.9 Å². The summed E-state index contributed by atoms with van der Waals surface area (Å²) in [6.07, 6.45) is -0.319. The third kappa shape index (κ3) is 2.29. The predicted molar refractivity (Wildman–Crippen MR) is 59.3 cm³/mol. The highest BCUT2D eigenvalue weighted by Gasteiger charge is 2.25. The van der Waals surface area contributed by atoms with Gasteiger partial charge in [0.15, 0.2) is 5.65 Å². The van der Waals surface area contributed by atoms with Gasteiger partial charge in [-0.1, -0.05) is 0 Å². The number of rotatable bonds is 4. The Kier molecular flexibility index (Phi) is 3.49. The van der Waals surface area contributed by atoms with E-state index >= 15 is 0 Å². The van der Waals surface area contributed by atoms with Crippen molar-refractivity contribution in [3.05, 3.63) is 18.3 Å². The topological polar surface area (TPSA) is 121 Å². The van der Waals surface area contributed by atoms with Gasteiger partial charge in [-0.15, -0.1) is 0 Å². The zero-order chi connectivity index (χ0) is 13.1. The number of aliphatic hydroxyl groups excluding tert-OH is 2. The van der Waals surface area contributed by atoms with Gasteiger partial charge in [0.1, 0.15) is 23.6 Å². The van der Waals surface area contributed by atoms with Gasteiger partial charge in [0.05, 0.1) is 26.0 Å². The molecule has 2 unspecified atom stereocenters.